The predicted molar refractivity (Wildman–Crippen MR) is 63.3 cm³/mol. The van der Waals surface area contributed by atoms with Crippen LogP contribution in [0.5, 0.6) is 0 Å². The van der Waals surface area contributed by atoms with E-state index in [1.807, 2.05) is 19.1 Å². The summed E-state index contributed by atoms with van der Waals surface area (Å²) in [6.45, 7) is 2.56. The number of nitrogens with zero attached hydrogens (tertiary/aromatic N) is 6. The maximum Gasteiger partial charge on any atom is 0.246 e. The average molecular weight is 246 g/mol. The van der Waals surface area contributed by atoms with Gasteiger partial charge >= 0.3 is 0 Å². The summed E-state index contributed by atoms with van der Waals surface area (Å²) in [5.41, 5.74) is 1.98. The Hall–Kier alpha value is -2.31. The number of hydrogen-bond donors (Lipinski definition) is 0. The Kier molecular flexibility index (Phi) is 3.61. The molecule has 0 N–H and O–H groups in total. The summed E-state index contributed by atoms with van der Waals surface area (Å²) >= 11 is 0. The molecule has 0 saturated carbocycles. The van der Waals surface area contributed by atoms with E-state index in [-0.39, 0.29) is 12.5 Å². The molecule has 2 aromatic rings. The van der Waals surface area contributed by atoms with Gasteiger partial charge in [-0.15, -0.1) is 10.2 Å². The second-order valence-corrected chi connectivity index (χ2v) is 4.02. The molecule has 0 aliphatic carbocycles. The van der Waals surface area contributed by atoms with Gasteiger partial charge in [0.15, 0.2) is 6.33 Å². The minimum absolute atomic E-state index is 0.0672. The van der Waals surface area contributed by atoms with Crippen molar-refractivity contribution in [3.8, 4) is 0 Å². The third kappa shape index (κ3) is 3.09. The van der Waals surface area contributed by atoms with Gasteiger partial charge in [0.2, 0.25) is 5.91 Å². The first-order chi connectivity index (χ1) is 8.65. The van der Waals surface area contributed by atoms with Crippen LogP contribution in [-0.4, -0.2) is 43.0 Å². The van der Waals surface area contributed by atoms with Gasteiger partial charge in [0.05, 0.1) is 0 Å². The van der Waals surface area contributed by atoms with Crippen molar-refractivity contribution in [2.75, 3.05) is 7.05 Å². The number of aryl methyl sites for hydroxylation is 1. The van der Waals surface area contributed by atoms with Crippen LogP contribution in [0.25, 0.3) is 0 Å². The fourth-order valence-electron chi connectivity index (χ4n) is 1.57. The van der Waals surface area contributed by atoms with Crippen LogP contribution in [0.15, 0.2) is 24.7 Å². The first kappa shape index (κ1) is 12.2. The monoisotopic (exact) mass is 246 g/mol. The summed E-state index contributed by atoms with van der Waals surface area (Å²) < 4.78 is 0. The Morgan fingerprint density at radius 1 is 1.50 bits per heavy atom. The SMILES string of the molecule is Cc1cc(CN(C)C(=O)Cn2ncnn2)ccn1. The van der Waals surface area contributed by atoms with Gasteiger partial charge in [-0.05, 0) is 29.8 Å². The third-order valence-corrected chi connectivity index (χ3v) is 2.47. The van der Waals surface area contributed by atoms with E-state index in [2.05, 4.69) is 20.4 Å². The van der Waals surface area contributed by atoms with Gasteiger partial charge in [0.25, 0.3) is 0 Å². The van der Waals surface area contributed by atoms with Crippen molar-refractivity contribution < 1.29 is 4.79 Å². The lowest BCUT2D eigenvalue weighted by Gasteiger charge is -2.16. The first-order valence-corrected chi connectivity index (χ1v) is 5.51. The predicted octanol–water partition coefficient (Wildman–Crippen LogP) is 0.0351. The van der Waals surface area contributed by atoms with Crippen molar-refractivity contribution in [2.24, 2.45) is 0 Å². The largest absolute Gasteiger partial charge is 0.340 e. The number of likely N-dealkylation sites (N-methyl/N-ethyl adjacent to an activating group) is 1. The van der Waals surface area contributed by atoms with E-state index in [1.54, 1.807) is 18.1 Å². The van der Waals surface area contributed by atoms with Crippen molar-refractivity contribution in [3.63, 3.8) is 0 Å². The number of tetrazole rings is 1. The highest BCUT2D eigenvalue weighted by atomic mass is 16.2. The Morgan fingerprint density at radius 3 is 3.00 bits per heavy atom. The zero-order valence-corrected chi connectivity index (χ0v) is 10.3. The van der Waals surface area contributed by atoms with E-state index in [0.29, 0.717) is 6.54 Å². The summed E-state index contributed by atoms with van der Waals surface area (Å²) in [6, 6.07) is 3.85. The molecule has 0 spiro atoms. The third-order valence-electron chi connectivity index (χ3n) is 2.47. The van der Waals surface area contributed by atoms with E-state index in [1.165, 1.54) is 11.1 Å². The molecule has 0 saturated heterocycles. The Labute approximate surface area is 104 Å². The molecule has 0 radical (unpaired) electrons. The lowest BCUT2D eigenvalue weighted by Crippen LogP contribution is -2.30. The highest BCUT2D eigenvalue weighted by molar-refractivity contribution is 5.75. The molecule has 0 fully saturated rings. The van der Waals surface area contributed by atoms with Gasteiger partial charge < -0.3 is 4.90 Å². The second kappa shape index (κ2) is 5.35. The number of rotatable bonds is 4. The maximum absolute atomic E-state index is 11.9. The molecular formula is C11H14N6O. The van der Waals surface area contributed by atoms with Crippen molar-refractivity contribution >= 4 is 5.91 Å². The smallest absolute Gasteiger partial charge is 0.246 e. The van der Waals surface area contributed by atoms with E-state index in [9.17, 15) is 4.79 Å². The first-order valence-electron chi connectivity index (χ1n) is 5.51. The van der Waals surface area contributed by atoms with E-state index in [0.717, 1.165) is 11.3 Å². The molecule has 0 atom stereocenters. The molecule has 0 aliphatic heterocycles. The summed E-state index contributed by atoms with van der Waals surface area (Å²) in [5, 5.41) is 11.0. The van der Waals surface area contributed by atoms with Crippen LogP contribution in [0.3, 0.4) is 0 Å². The van der Waals surface area contributed by atoms with Crippen LogP contribution in [0.4, 0.5) is 0 Å². The highest BCUT2D eigenvalue weighted by Gasteiger charge is 2.11. The number of pyridine rings is 1. The number of carbonyl (C=O) groups excluding carboxylic acids is 1. The highest BCUT2D eigenvalue weighted by Crippen LogP contribution is 2.04. The lowest BCUT2D eigenvalue weighted by molar-refractivity contribution is -0.131. The van der Waals surface area contributed by atoms with Crippen LogP contribution >= 0.6 is 0 Å². The summed E-state index contributed by atoms with van der Waals surface area (Å²) in [4.78, 5) is 18.9. The molecule has 7 nitrogen and oxygen atoms in total. The second-order valence-electron chi connectivity index (χ2n) is 4.02. The fourth-order valence-corrected chi connectivity index (χ4v) is 1.57. The van der Waals surface area contributed by atoms with Gasteiger partial charge in [-0.25, -0.2) is 0 Å². The van der Waals surface area contributed by atoms with Gasteiger partial charge in [-0.3, -0.25) is 9.78 Å². The molecular weight excluding hydrogens is 232 g/mol. The Bertz CT molecular complexity index is 524. The van der Waals surface area contributed by atoms with Crippen LogP contribution in [0.1, 0.15) is 11.3 Å². The van der Waals surface area contributed by atoms with Gasteiger partial charge in [-0.2, -0.15) is 4.80 Å². The molecule has 2 rings (SSSR count). The zero-order chi connectivity index (χ0) is 13.0. The molecule has 0 aliphatic rings. The number of amides is 1. The van der Waals surface area contributed by atoms with E-state index in [4.69, 9.17) is 0 Å². The molecule has 2 heterocycles. The molecule has 0 aromatic carbocycles. The number of aromatic nitrogens is 5. The standard InChI is InChI=1S/C11H14N6O/c1-9-5-10(3-4-12-9)6-16(2)11(18)7-17-14-8-13-15-17/h3-5,8H,6-7H2,1-2H3. The molecule has 0 unspecified atom stereocenters. The minimum atomic E-state index is -0.0672. The molecule has 7 heteroatoms. The topological polar surface area (TPSA) is 76.8 Å². The average Bonchev–Trinajstić information content (AvgIpc) is 2.81. The van der Waals surface area contributed by atoms with Gasteiger partial charge in [-0.1, -0.05) is 0 Å². The van der Waals surface area contributed by atoms with Crippen molar-refractivity contribution in [2.45, 2.75) is 20.0 Å². The normalized spacial score (nSPS) is 10.3. The van der Waals surface area contributed by atoms with Crippen LogP contribution < -0.4 is 0 Å². The number of hydrogen-bond acceptors (Lipinski definition) is 5. The minimum Gasteiger partial charge on any atom is -0.340 e. The van der Waals surface area contributed by atoms with Crippen LogP contribution in [0, 0.1) is 6.92 Å². The van der Waals surface area contributed by atoms with E-state index >= 15 is 0 Å². The molecule has 18 heavy (non-hydrogen) atoms. The number of carbonyl (C=O) groups is 1. The van der Waals surface area contributed by atoms with Gasteiger partial charge in [0.1, 0.15) is 6.54 Å². The van der Waals surface area contributed by atoms with E-state index < -0.39 is 0 Å². The summed E-state index contributed by atoms with van der Waals surface area (Å²) in [7, 11) is 1.75. The zero-order valence-electron chi connectivity index (χ0n) is 10.3. The maximum atomic E-state index is 11.9. The van der Waals surface area contributed by atoms with Crippen molar-refractivity contribution in [3.05, 3.63) is 35.9 Å². The van der Waals surface area contributed by atoms with Crippen molar-refractivity contribution in [1.82, 2.24) is 30.1 Å². The lowest BCUT2D eigenvalue weighted by atomic mass is 10.2. The quantitative estimate of drug-likeness (QED) is 0.761. The Balaban J connectivity index is 1.95. The summed E-state index contributed by atoms with van der Waals surface area (Å²) in [6.07, 6.45) is 3.04. The molecule has 0 bridgehead atoms. The summed E-state index contributed by atoms with van der Waals surface area (Å²) in [5.74, 6) is -0.0672. The van der Waals surface area contributed by atoms with Crippen LogP contribution in [0.2, 0.25) is 0 Å². The molecule has 2 aromatic heterocycles. The molecule has 94 valence electrons. The Morgan fingerprint density at radius 2 is 2.33 bits per heavy atom. The van der Waals surface area contributed by atoms with Crippen molar-refractivity contribution in [1.29, 1.82) is 0 Å². The van der Waals surface area contributed by atoms with Gasteiger partial charge in [0, 0.05) is 25.5 Å². The molecule has 1 amide bonds. The fraction of sp³-hybridized carbons (Fsp3) is 0.364. The van der Waals surface area contributed by atoms with Crippen LogP contribution in [-0.2, 0) is 17.9 Å².